The van der Waals surface area contributed by atoms with Gasteiger partial charge in [0, 0.05) is 22.5 Å². The highest BCUT2D eigenvalue weighted by Gasteiger charge is 2.61. The van der Waals surface area contributed by atoms with E-state index in [4.69, 9.17) is 23.2 Å². The van der Waals surface area contributed by atoms with Crippen LogP contribution in [0.4, 0.5) is 8.78 Å². The molecular weight excluding hydrogens is 469 g/mol. The molecule has 0 spiro atoms. The lowest BCUT2D eigenvalue weighted by atomic mass is 9.61. The normalized spacial score (nSPS) is 25.3. The number of carbonyl (C=O) groups is 1. The van der Waals surface area contributed by atoms with Gasteiger partial charge in [0.1, 0.15) is 23.1 Å². The van der Waals surface area contributed by atoms with Crippen LogP contribution in [0.15, 0.2) is 36.4 Å². The van der Waals surface area contributed by atoms with Gasteiger partial charge in [-0.15, -0.1) is 0 Å². The molecule has 8 heteroatoms. The molecule has 1 saturated heterocycles. The highest BCUT2D eigenvalue weighted by molar-refractivity contribution is 6.31. The first kappa shape index (κ1) is 25.4. The Hall–Kier alpha value is -2.20. The lowest BCUT2D eigenvalue weighted by Crippen LogP contribution is -2.46. The van der Waals surface area contributed by atoms with Gasteiger partial charge in [0.05, 0.1) is 11.1 Å². The topological polar surface area (TPSA) is 73.1 Å². The summed E-state index contributed by atoms with van der Waals surface area (Å²) in [5.41, 5.74) is -2.16. The van der Waals surface area contributed by atoms with Crippen LogP contribution in [-0.4, -0.2) is 23.2 Å². The van der Waals surface area contributed by atoms with Crippen molar-refractivity contribution in [3.05, 3.63) is 69.2 Å². The lowest BCUT2D eigenvalue weighted by Gasteiger charge is -2.39. The molecule has 4 nitrogen and oxygen atoms in total. The molecule has 3 rings (SSSR count). The van der Waals surface area contributed by atoms with E-state index in [2.05, 4.69) is 11.4 Å². The van der Waals surface area contributed by atoms with Gasteiger partial charge >= 0.3 is 5.97 Å². The molecule has 1 fully saturated rings. The van der Waals surface area contributed by atoms with Gasteiger partial charge in [-0.05, 0) is 41.5 Å². The molecule has 33 heavy (non-hydrogen) atoms. The van der Waals surface area contributed by atoms with E-state index < -0.39 is 41.0 Å². The summed E-state index contributed by atoms with van der Waals surface area (Å²) < 4.78 is 30.6. The molecule has 0 saturated carbocycles. The van der Waals surface area contributed by atoms with E-state index in [9.17, 15) is 15.2 Å². The molecule has 2 N–H and O–H groups in total. The molecule has 0 aromatic heterocycles. The Labute approximate surface area is 202 Å². The zero-order valence-corrected chi connectivity index (χ0v) is 20.3. The summed E-state index contributed by atoms with van der Waals surface area (Å²) in [5.74, 6) is -3.91. The third-order valence-corrected chi connectivity index (χ3v) is 7.72. The predicted octanol–water partition coefficient (Wildman–Crippen LogP) is 6.31. The average molecular weight is 495 g/mol. The number of carboxylic acids is 1. The van der Waals surface area contributed by atoms with Crippen LogP contribution in [0, 0.1) is 34.3 Å². The largest absolute Gasteiger partial charge is 0.480 e. The van der Waals surface area contributed by atoms with E-state index in [0.717, 1.165) is 6.07 Å². The molecular formula is C25H26Cl2F2N2O2. The molecule has 4 atom stereocenters. The van der Waals surface area contributed by atoms with Gasteiger partial charge in [0.2, 0.25) is 0 Å². The molecule has 0 aliphatic carbocycles. The van der Waals surface area contributed by atoms with Crippen LogP contribution >= 0.6 is 23.2 Å². The van der Waals surface area contributed by atoms with Gasteiger partial charge in [-0.2, -0.15) is 5.26 Å². The molecule has 0 amide bonds. The fourth-order valence-corrected chi connectivity index (χ4v) is 5.03. The first-order valence-electron chi connectivity index (χ1n) is 10.7. The number of hydrogen-bond acceptors (Lipinski definition) is 3. The lowest BCUT2D eigenvalue weighted by molar-refractivity contribution is -0.139. The minimum absolute atomic E-state index is 0.0282. The van der Waals surface area contributed by atoms with E-state index in [1.165, 1.54) is 30.3 Å². The predicted molar refractivity (Wildman–Crippen MR) is 124 cm³/mol. The third kappa shape index (κ3) is 4.35. The Morgan fingerprint density at radius 1 is 1.27 bits per heavy atom. The maximum atomic E-state index is 15.4. The molecule has 0 bridgehead atoms. The third-order valence-electron chi connectivity index (χ3n) is 7.19. The number of nitrogens with one attached hydrogen (secondary N) is 1. The summed E-state index contributed by atoms with van der Waals surface area (Å²) in [6.07, 6.45) is 0.350. The number of hydrogen-bond donors (Lipinski definition) is 2. The average Bonchev–Trinajstić information content (AvgIpc) is 3.04. The standard InChI is InChI=1S/C25H26Cl2F2N2O2/c1-13(2)24(3,4)11-19-25(12-30,16-9-8-14(26)10-18(16)28)20(22(31-19)23(32)33)15-6-5-7-17(27)21(15)29/h5-10,13,19-20,22,31H,11H2,1-4H3,(H,32,33)/t19-,20-,22+,25-/m1/s1. The van der Waals surface area contributed by atoms with Crippen molar-refractivity contribution in [3.8, 4) is 6.07 Å². The number of aliphatic carboxylic acids is 1. The molecule has 0 radical (unpaired) electrons. The first-order valence-corrected chi connectivity index (χ1v) is 11.4. The van der Waals surface area contributed by atoms with Crippen molar-refractivity contribution in [2.45, 2.75) is 57.5 Å². The van der Waals surface area contributed by atoms with E-state index in [-0.39, 0.29) is 32.5 Å². The molecule has 176 valence electrons. The SMILES string of the molecule is CC(C)C(C)(C)C[C@H]1N[C@H](C(=O)O)[C@@H](c2cccc(Cl)c2F)[C@]1(C#N)c1ccc(Cl)cc1F. The van der Waals surface area contributed by atoms with Gasteiger partial charge in [-0.1, -0.05) is 69.1 Å². The van der Waals surface area contributed by atoms with Crippen LogP contribution in [0.25, 0.3) is 0 Å². The van der Waals surface area contributed by atoms with E-state index in [1.54, 1.807) is 0 Å². The Balaban J connectivity index is 2.37. The summed E-state index contributed by atoms with van der Waals surface area (Å²) in [6, 6.07) is 8.24. The molecule has 0 unspecified atom stereocenters. The number of carboxylic acid groups (broad SMARTS) is 1. The summed E-state index contributed by atoms with van der Waals surface area (Å²) in [6.45, 7) is 8.05. The number of halogens is 4. The van der Waals surface area contributed by atoms with Crippen LogP contribution in [0.1, 0.15) is 51.2 Å². The van der Waals surface area contributed by atoms with Gasteiger partial charge < -0.3 is 5.11 Å². The summed E-state index contributed by atoms with van der Waals surface area (Å²) in [4.78, 5) is 12.4. The Kier molecular flexibility index (Phi) is 7.10. The fraction of sp³-hybridized carbons (Fsp3) is 0.440. The second-order valence-corrected chi connectivity index (χ2v) is 10.5. The molecule has 2 aromatic rings. The Morgan fingerprint density at radius 3 is 2.48 bits per heavy atom. The van der Waals surface area contributed by atoms with E-state index in [0.29, 0.717) is 6.42 Å². The maximum Gasteiger partial charge on any atom is 0.321 e. The fourth-order valence-electron chi connectivity index (χ4n) is 4.69. The highest BCUT2D eigenvalue weighted by atomic mass is 35.5. The van der Waals surface area contributed by atoms with Gasteiger partial charge in [0.15, 0.2) is 0 Å². The molecule has 2 aromatic carbocycles. The second kappa shape index (κ2) is 9.21. The Bertz CT molecular complexity index is 1120. The smallest absolute Gasteiger partial charge is 0.321 e. The first-order chi connectivity index (χ1) is 15.4. The number of nitrogens with zero attached hydrogens (tertiary/aromatic N) is 1. The van der Waals surface area contributed by atoms with Crippen LogP contribution in [0.5, 0.6) is 0 Å². The monoisotopic (exact) mass is 494 g/mol. The van der Waals surface area contributed by atoms with E-state index >= 15 is 8.78 Å². The van der Waals surface area contributed by atoms with Crippen molar-refractivity contribution < 1.29 is 18.7 Å². The minimum atomic E-state index is -1.74. The van der Waals surface area contributed by atoms with Crippen molar-refractivity contribution in [1.82, 2.24) is 5.32 Å². The molecule has 1 aliphatic heterocycles. The maximum absolute atomic E-state index is 15.4. The Morgan fingerprint density at radius 2 is 1.94 bits per heavy atom. The van der Waals surface area contributed by atoms with Crippen molar-refractivity contribution >= 4 is 29.2 Å². The summed E-state index contributed by atoms with van der Waals surface area (Å²) in [5, 5.41) is 23.7. The van der Waals surface area contributed by atoms with E-state index in [1.807, 2.05) is 27.7 Å². The zero-order chi connectivity index (χ0) is 24.7. The highest BCUT2D eigenvalue weighted by Crippen LogP contribution is 2.53. The zero-order valence-electron chi connectivity index (χ0n) is 18.8. The van der Waals surface area contributed by atoms with Crippen LogP contribution in [-0.2, 0) is 10.2 Å². The van der Waals surface area contributed by atoms with Crippen molar-refractivity contribution in [2.24, 2.45) is 11.3 Å². The second-order valence-electron chi connectivity index (χ2n) is 9.61. The quantitative estimate of drug-likeness (QED) is 0.493. The number of rotatable bonds is 6. The number of benzene rings is 2. The van der Waals surface area contributed by atoms with Crippen LogP contribution in [0.3, 0.4) is 0 Å². The summed E-state index contributed by atoms with van der Waals surface area (Å²) in [7, 11) is 0. The minimum Gasteiger partial charge on any atom is -0.480 e. The molecule has 1 heterocycles. The van der Waals surface area contributed by atoms with Gasteiger partial charge in [0.25, 0.3) is 0 Å². The van der Waals surface area contributed by atoms with Crippen molar-refractivity contribution in [1.29, 1.82) is 5.26 Å². The van der Waals surface area contributed by atoms with Gasteiger partial charge in [-0.3, -0.25) is 10.1 Å². The molecule has 1 aliphatic rings. The van der Waals surface area contributed by atoms with Crippen LogP contribution in [0.2, 0.25) is 10.0 Å². The van der Waals surface area contributed by atoms with Crippen molar-refractivity contribution in [3.63, 3.8) is 0 Å². The van der Waals surface area contributed by atoms with Gasteiger partial charge in [-0.25, -0.2) is 8.78 Å². The summed E-state index contributed by atoms with van der Waals surface area (Å²) >= 11 is 12.0. The van der Waals surface area contributed by atoms with Crippen LogP contribution < -0.4 is 5.32 Å². The number of nitriles is 1. The van der Waals surface area contributed by atoms with Crippen molar-refractivity contribution in [2.75, 3.05) is 0 Å².